The number of nitrogens with one attached hydrogen (secondary N) is 1. The first-order valence-electron chi connectivity index (χ1n) is 10.7. The van der Waals surface area contributed by atoms with E-state index in [4.69, 9.17) is 21.1 Å². The predicted molar refractivity (Wildman–Crippen MR) is 132 cm³/mol. The van der Waals surface area contributed by atoms with Crippen LogP contribution in [0.1, 0.15) is 62.3 Å². The summed E-state index contributed by atoms with van der Waals surface area (Å²) in [7, 11) is 1.37. The van der Waals surface area contributed by atoms with Crippen LogP contribution in [0, 0.1) is 12.7 Å². The van der Waals surface area contributed by atoms with Gasteiger partial charge in [-0.05, 0) is 71.7 Å². The molecule has 35 heavy (non-hydrogen) atoms. The number of benzene rings is 1. The Morgan fingerprint density at radius 2 is 1.71 bits per heavy atom. The number of carbonyl (C=O) groups is 3. The molecule has 0 unspecified atom stereocenters. The van der Waals surface area contributed by atoms with E-state index in [0.29, 0.717) is 11.1 Å². The van der Waals surface area contributed by atoms with Gasteiger partial charge in [-0.25, -0.2) is 29.0 Å². The molecule has 1 aromatic heterocycles. The van der Waals surface area contributed by atoms with Crippen LogP contribution in [0.25, 0.3) is 0 Å². The van der Waals surface area contributed by atoms with Crippen LogP contribution >= 0.6 is 22.9 Å². The molecule has 1 heterocycles. The second kappa shape index (κ2) is 10.8. The third-order valence-corrected chi connectivity index (χ3v) is 5.61. The zero-order valence-corrected chi connectivity index (χ0v) is 22.6. The van der Waals surface area contributed by atoms with Crippen molar-refractivity contribution in [3.05, 3.63) is 45.2 Å². The summed E-state index contributed by atoms with van der Waals surface area (Å²) in [6.07, 6.45) is -1.54. The van der Waals surface area contributed by atoms with Crippen molar-refractivity contribution in [1.82, 2.24) is 15.0 Å². The summed E-state index contributed by atoms with van der Waals surface area (Å²) in [5.74, 6) is -1.09. The Hall–Kier alpha value is -2.92. The van der Waals surface area contributed by atoms with Gasteiger partial charge in [-0.3, -0.25) is 10.1 Å². The number of carbonyl (C=O) groups excluding carboxylic acids is 3. The summed E-state index contributed by atoms with van der Waals surface area (Å²) in [6.45, 7) is 11.8. The molecule has 12 heteroatoms. The van der Waals surface area contributed by atoms with E-state index in [-0.39, 0.29) is 21.7 Å². The quantitative estimate of drug-likeness (QED) is 0.487. The lowest BCUT2D eigenvalue weighted by atomic mass is 10.1. The molecule has 0 aliphatic heterocycles. The third kappa shape index (κ3) is 8.36. The number of ether oxygens (including phenoxy) is 2. The van der Waals surface area contributed by atoms with Crippen LogP contribution in [0.2, 0.25) is 5.15 Å². The summed E-state index contributed by atoms with van der Waals surface area (Å²) in [5, 5.41) is 4.47. The van der Waals surface area contributed by atoms with Gasteiger partial charge in [0.05, 0.1) is 6.54 Å². The fourth-order valence-corrected chi connectivity index (χ4v) is 3.85. The lowest BCUT2D eigenvalue weighted by Crippen LogP contribution is -2.48. The Balaban J connectivity index is 2.38. The summed E-state index contributed by atoms with van der Waals surface area (Å²) < 4.78 is 24.2. The Labute approximate surface area is 213 Å². The van der Waals surface area contributed by atoms with Gasteiger partial charge in [-0.1, -0.05) is 29.0 Å². The average molecular weight is 529 g/mol. The van der Waals surface area contributed by atoms with Gasteiger partial charge in [-0.2, -0.15) is 0 Å². The molecule has 1 aromatic carbocycles. The minimum absolute atomic E-state index is 0.0205. The number of hydrogen-bond acceptors (Lipinski definition) is 7. The monoisotopic (exact) mass is 528 g/mol. The van der Waals surface area contributed by atoms with Gasteiger partial charge < -0.3 is 9.47 Å². The van der Waals surface area contributed by atoms with Crippen molar-refractivity contribution in [1.29, 1.82) is 0 Å². The molecule has 0 saturated heterocycles. The van der Waals surface area contributed by atoms with Gasteiger partial charge in [0.15, 0.2) is 10.3 Å². The summed E-state index contributed by atoms with van der Waals surface area (Å²) >= 11 is 7.05. The second-order valence-electron chi connectivity index (χ2n) is 9.70. The van der Waals surface area contributed by atoms with Gasteiger partial charge in [0.1, 0.15) is 21.9 Å². The molecule has 1 N–H and O–H groups in total. The molecule has 0 radical (unpaired) electrons. The van der Waals surface area contributed by atoms with Crippen molar-refractivity contribution in [2.75, 3.05) is 12.4 Å². The van der Waals surface area contributed by atoms with Crippen molar-refractivity contribution in [3.8, 4) is 0 Å². The number of hydrazine groups is 1. The second-order valence-corrected chi connectivity index (χ2v) is 11.1. The Bertz CT molecular complexity index is 1110. The van der Waals surface area contributed by atoms with E-state index in [1.807, 2.05) is 0 Å². The number of hydrogen-bond donors (Lipinski definition) is 1. The number of amides is 3. The van der Waals surface area contributed by atoms with Gasteiger partial charge in [0.2, 0.25) is 0 Å². The highest BCUT2D eigenvalue weighted by Gasteiger charge is 2.31. The number of rotatable bonds is 4. The SMILES string of the molecule is Cc1cc(F)ccc1CN(C(=O)c1sc(NC(=O)OC(C)(C)C)nc1Cl)N(C)C(=O)OC(C)(C)C. The van der Waals surface area contributed by atoms with Gasteiger partial charge in [0, 0.05) is 7.05 Å². The Morgan fingerprint density at radius 1 is 1.11 bits per heavy atom. The maximum absolute atomic E-state index is 13.6. The fraction of sp³-hybridized carbons (Fsp3) is 0.478. The van der Waals surface area contributed by atoms with Crippen molar-refractivity contribution in [3.63, 3.8) is 0 Å². The van der Waals surface area contributed by atoms with E-state index in [2.05, 4.69) is 10.3 Å². The Morgan fingerprint density at radius 3 is 2.26 bits per heavy atom. The van der Waals surface area contributed by atoms with Crippen molar-refractivity contribution < 1.29 is 28.2 Å². The van der Waals surface area contributed by atoms with Crippen LogP contribution in [0.15, 0.2) is 18.2 Å². The molecule has 2 aromatic rings. The van der Waals surface area contributed by atoms with Crippen LogP contribution in [0.4, 0.5) is 19.1 Å². The first-order chi connectivity index (χ1) is 16.0. The number of aromatic nitrogens is 1. The largest absolute Gasteiger partial charge is 0.444 e. The highest BCUT2D eigenvalue weighted by Crippen LogP contribution is 2.30. The van der Waals surface area contributed by atoms with Crippen molar-refractivity contribution >= 4 is 46.2 Å². The summed E-state index contributed by atoms with van der Waals surface area (Å²) in [5.41, 5.74) is -0.353. The van der Waals surface area contributed by atoms with E-state index in [1.54, 1.807) is 48.5 Å². The zero-order valence-electron chi connectivity index (χ0n) is 21.0. The molecule has 3 amide bonds. The summed E-state index contributed by atoms with van der Waals surface area (Å²) in [6, 6.07) is 4.12. The molecule has 0 spiro atoms. The normalized spacial score (nSPS) is 11.6. The van der Waals surface area contributed by atoms with Crippen LogP contribution in [0.5, 0.6) is 0 Å². The third-order valence-electron chi connectivity index (χ3n) is 4.27. The molecule has 0 saturated carbocycles. The molecular formula is C23H30ClFN4O5S. The van der Waals surface area contributed by atoms with Crippen molar-refractivity contribution in [2.24, 2.45) is 0 Å². The maximum Gasteiger partial charge on any atom is 0.429 e. The molecule has 0 atom stereocenters. The highest BCUT2D eigenvalue weighted by molar-refractivity contribution is 7.18. The molecule has 9 nitrogen and oxygen atoms in total. The minimum Gasteiger partial charge on any atom is -0.444 e. The molecule has 0 aliphatic carbocycles. The fourth-order valence-electron chi connectivity index (χ4n) is 2.73. The van der Waals surface area contributed by atoms with E-state index < -0.39 is 35.1 Å². The number of anilines is 1. The molecule has 2 rings (SSSR count). The smallest absolute Gasteiger partial charge is 0.429 e. The topological polar surface area (TPSA) is 101 Å². The van der Waals surface area contributed by atoms with Gasteiger partial charge in [0.25, 0.3) is 5.91 Å². The standard InChI is InChI=1S/C23H30ClFN4O5S/c1-13-11-15(25)10-9-14(13)12-29(28(8)21(32)34-23(5,6)7)18(30)16-17(24)26-19(35-16)27-20(31)33-22(2,3)4/h9-11H,12H2,1-8H3,(H,26,27,31). The summed E-state index contributed by atoms with van der Waals surface area (Å²) in [4.78, 5) is 42.4. The van der Waals surface area contributed by atoms with Gasteiger partial charge in [-0.15, -0.1) is 0 Å². The Kier molecular flexibility index (Phi) is 8.72. The number of halogens is 2. The zero-order chi connectivity index (χ0) is 26.7. The average Bonchev–Trinajstić information content (AvgIpc) is 3.03. The van der Waals surface area contributed by atoms with Gasteiger partial charge >= 0.3 is 12.2 Å². The highest BCUT2D eigenvalue weighted by atomic mass is 35.5. The van der Waals surface area contributed by atoms with Crippen LogP contribution < -0.4 is 5.32 Å². The molecule has 0 aliphatic rings. The number of aryl methyl sites for hydroxylation is 1. The van der Waals surface area contributed by atoms with E-state index in [9.17, 15) is 18.8 Å². The molecular weight excluding hydrogens is 499 g/mol. The maximum atomic E-state index is 13.6. The minimum atomic E-state index is -0.807. The van der Waals surface area contributed by atoms with Crippen LogP contribution in [0.3, 0.4) is 0 Å². The lowest BCUT2D eigenvalue weighted by molar-refractivity contribution is -0.0308. The molecule has 0 bridgehead atoms. The first kappa shape index (κ1) is 28.3. The lowest BCUT2D eigenvalue weighted by Gasteiger charge is -2.33. The van der Waals surface area contributed by atoms with E-state index in [1.165, 1.54) is 25.2 Å². The number of thiazole rings is 1. The van der Waals surface area contributed by atoms with Crippen molar-refractivity contribution in [2.45, 2.75) is 66.2 Å². The predicted octanol–water partition coefficient (Wildman–Crippen LogP) is 6.02. The number of nitrogens with zero attached hydrogens (tertiary/aromatic N) is 3. The molecule has 192 valence electrons. The van der Waals surface area contributed by atoms with Crippen LogP contribution in [-0.4, -0.2) is 51.3 Å². The molecule has 0 fully saturated rings. The van der Waals surface area contributed by atoms with E-state index >= 15 is 0 Å². The van der Waals surface area contributed by atoms with Crippen LogP contribution in [-0.2, 0) is 16.0 Å². The first-order valence-corrected chi connectivity index (χ1v) is 11.9. The van der Waals surface area contributed by atoms with E-state index in [0.717, 1.165) is 21.4 Å².